The number of amides is 1. The van der Waals surface area contributed by atoms with Crippen LogP contribution < -0.4 is 5.32 Å². The lowest BCUT2D eigenvalue weighted by molar-refractivity contribution is -0.143. The highest BCUT2D eigenvalue weighted by atomic mass is 19.4. The van der Waals surface area contributed by atoms with Gasteiger partial charge in [-0.05, 0) is 26.0 Å². The highest BCUT2D eigenvalue weighted by Gasteiger charge is 2.42. The summed E-state index contributed by atoms with van der Waals surface area (Å²) in [6.45, 7) is 4.11. The Morgan fingerprint density at radius 1 is 1.03 bits per heavy atom. The van der Waals surface area contributed by atoms with Gasteiger partial charge in [0.2, 0.25) is 0 Å². The lowest BCUT2D eigenvalue weighted by Gasteiger charge is -2.15. The summed E-state index contributed by atoms with van der Waals surface area (Å²) in [6.07, 6.45) is -4.02. The molecule has 0 unspecified atom stereocenters. The quantitative estimate of drug-likeness (QED) is 0.268. The molecule has 0 radical (unpaired) electrons. The van der Waals surface area contributed by atoms with E-state index in [4.69, 9.17) is 0 Å². The van der Waals surface area contributed by atoms with Crippen LogP contribution in [0.1, 0.15) is 28.5 Å². The molecule has 0 atom stereocenters. The minimum Gasteiger partial charge on any atom is -0.317 e. The molecule has 1 N–H and O–H groups in total. The van der Waals surface area contributed by atoms with Gasteiger partial charge in [-0.1, -0.05) is 18.2 Å². The predicted molar refractivity (Wildman–Crippen MR) is 113 cm³/mol. The van der Waals surface area contributed by atoms with Crippen molar-refractivity contribution in [1.29, 1.82) is 0 Å². The van der Waals surface area contributed by atoms with Gasteiger partial charge in [-0.3, -0.25) is 9.48 Å². The average molecular weight is 496 g/mol. The topological polar surface area (TPSA) is 59.8 Å². The summed E-state index contributed by atoms with van der Waals surface area (Å²) < 4.78 is 96.9. The van der Waals surface area contributed by atoms with Crippen LogP contribution in [0.25, 0.3) is 22.2 Å². The third-order valence-electron chi connectivity index (χ3n) is 5.29. The molecule has 182 valence electrons. The first-order valence-electron chi connectivity index (χ1n) is 10.1. The summed E-state index contributed by atoms with van der Waals surface area (Å²) in [5, 5.41) is 6.20. The van der Waals surface area contributed by atoms with Gasteiger partial charge in [0.15, 0.2) is 23.3 Å². The molecule has 0 saturated carbocycles. The van der Waals surface area contributed by atoms with Gasteiger partial charge in [0.05, 0.1) is 22.5 Å². The molecule has 2 aromatic carbocycles. The largest absolute Gasteiger partial charge is 0.422 e. The normalized spacial score (nSPS) is 11.8. The Hall–Kier alpha value is -3.96. The maximum atomic E-state index is 14.3. The smallest absolute Gasteiger partial charge is 0.317 e. The van der Waals surface area contributed by atoms with E-state index in [0.717, 1.165) is 0 Å². The number of aromatic nitrogens is 3. The van der Waals surface area contributed by atoms with Gasteiger partial charge >= 0.3 is 6.18 Å². The lowest BCUT2D eigenvalue weighted by atomic mass is 10.0. The second-order valence-electron chi connectivity index (χ2n) is 7.51. The standard InChI is InChI=1S/C23H15F7N4O/c1-3-34-9-13(10(2)33-34)15-8-12(11-6-4-5-7-14(11)31-15)22(35)32-21-19(26)17(24)16(23(28,29)30)18(25)20(21)27/h4-9H,3H2,1-2H3,(H,32,35). The third kappa shape index (κ3) is 4.19. The molecule has 0 saturated heterocycles. The van der Waals surface area contributed by atoms with E-state index in [1.54, 1.807) is 41.3 Å². The number of hydrogen-bond donors (Lipinski definition) is 1. The van der Waals surface area contributed by atoms with Gasteiger partial charge in [0.1, 0.15) is 11.3 Å². The van der Waals surface area contributed by atoms with Crippen LogP contribution in [-0.2, 0) is 12.7 Å². The number of rotatable bonds is 4. The number of para-hydroxylation sites is 1. The number of nitrogens with one attached hydrogen (secondary N) is 1. The van der Waals surface area contributed by atoms with E-state index in [1.807, 2.05) is 6.92 Å². The van der Waals surface area contributed by atoms with Crippen molar-refractivity contribution in [3.63, 3.8) is 0 Å². The zero-order valence-corrected chi connectivity index (χ0v) is 18.1. The van der Waals surface area contributed by atoms with Gasteiger partial charge in [-0.25, -0.2) is 22.5 Å². The minimum atomic E-state index is -5.70. The Kier molecular flexibility index (Phi) is 5.99. The number of benzene rings is 2. The number of anilines is 1. The monoisotopic (exact) mass is 496 g/mol. The number of carbonyl (C=O) groups excluding carboxylic acids is 1. The minimum absolute atomic E-state index is 0.186. The number of nitrogens with zero attached hydrogens (tertiary/aromatic N) is 3. The van der Waals surface area contributed by atoms with E-state index in [-0.39, 0.29) is 16.6 Å². The van der Waals surface area contributed by atoms with Crippen molar-refractivity contribution in [3.05, 3.63) is 76.6 Å². The van der Waals surface area contributed by atoms with Crippen LogP contribution in [0.2, 0.25) is 0 Å². The van der Waals surface area contributed by atoms with Crippen LogP contribution in [0, 0.1) is 30.2 Å². The Bertz CT molecular complexity index is 1450. The second-order valence-corrected chi connectivity index (χ2v) is 7.51. The highest BCUT2D eigenvalue weighted by Crippen LogP contribution is 2.38. The SMILES string of the molecule is CCn1cc(-c2cc(C(=O)Nc3c(F)c(F)c(C(F)(F)F)c(F)c3F)c3ccccc3n2)c(C)n1. The molecule has 5 nitrogen and oxygen atoms in total. The van der Waals surface area contributed by atoms with Crippen LogP contribution in [0.5, 0.6) is 0 Å². The zero-order valence-electron chi connectivity index (χ0n) is 18.1. The zero-order chi connectivity index (χ0) is 25.7. The van der Waals surface area contributed by atoms with Crippen molar-refractivity contribution in [1.82, 2.24) is 14.8 Å². The van der Waals surface area contributed by atoms with Crippen molar-refractivity contribution >= 4 is 22.5 Å². The lowest BCUT2D eigenvalue weighted by Crippen LogP contribution is -2.20. The molecule has 4 rings (SSSR count). The predicted octanol–water partition coefficient (Wildman–Crippen LogP) is 6.25. The molecular formula is C23H15F7N4O. The molecule has 1 amide bonds. The van der Waals surface area contributed by atoms with Gasteiger partial charge in [-0.2, -0.15) is 18.3 Å². The Labute approximate surface area is 193 Å². The van der Waals surface area contributed by atoms with Crippen LogP contribution >= 0.6 is 0 Å². The van der Waals surface area contributed by atoms with Gasteiger partial charge in [0.25, 0.3) is 5.91 Å². The fourth-order valence-corrected chi connectivity index (χ4v) is 3.60. The molecule has 12 heteroatoms. The first kappa shape index (κ1) is 24.2. The van der Waals surface area contributed by atoms with Crippen molar-refractivity contribution in [2.45, 2.75) is 26.6 Å². The van der Waals surface area contributed by atoms with E-state index in [2.05, 4.69) is 10.1 Å². The number of pyridine rings is 1. The van der Waals surface area contributed by atoms with E-state index in [1.165, 1.54) is 12.1 Å². The molecule has 2 heterocycles. The molecule has 0 spiro atoms. The maximum absolute atomic E-state index is 14.3. The number of carbonyl (C=O) groups is 1. The van der Waals surface area contributed by atoms with Gasteiger partial charge < -0.3 is 5.32 Å². The summed E-state index contributed by atoms with van der Waals surface area (Å²) >= 11 is 0. The number of halogens is 7. The summed E-state index contributed by atoms with van der Waals surface area (Å²) in [4.78, 5) is 17.5. The van der Waals surface area contributed by atoms with E-state index in [9.17, 15) is 35.5 Å². The molecule has 2 aromatic heterocycles. The van der Waals surface area contributed by atoms with Crippen molar-refractivity contribution in [2.75, 3.05) is 5.32 Å². The number of alkyl halides is 3. The molecule has 0 aliphatic rings. The molecular weight excluding hydrogens is 481 g/mol. The molecule has 0 bridgehead atoms. The first-order chi connectivity index (χ1) is 16.4. The van der Waals surface area contributed by atoms with Crippen molar-refractivity contribution < 1.29 is 35.5 Å². The van der Waals surface area contributed by atoms with Crippen LogP contribution in [0.3, 0.4) is 0 Å². The summed E-state index contributed by atoms with van der Waals surface area (Å²) in [5.41, 5.74) is -2.89. The number of hydrogen-bond acceptors (Lipinski definition) is 3. The van der Waals surface area contributed by atoms with E-state index < -0.39 is 46.6 Å². The first-order valence-corrected chi connectivity index (χ1v) is 10.1. The Balaban J connectivity index is 1.85. The Morgan fingerprint density at radius 3 is 2.23 bits per heavy atom. The Morgan fingerprint density at radius 2 is 1.66 bits per heavy atom. The fourth-order valence-electron chi connectivity index (χ4n) is 3.60. The summed E-state index contributed by atoms with van der Waals surface area (Å²) in [5.74, 6) is -11.3. The number of aryl methyl sites for hydroxylation is 2. The van der Waals surface area contributed by atoms with Crippen LogP contribution in [0.15, 0.2) is 36.5 Å². The summed E-state index contributed by atoms with van der Waals surface area (Å²) in [7, 11) is 0. The molecule has 0 aliphatic heterocycles. The van der Waals surface area contributed by atoms with Gasteiger partial charge in [-0.15, -0.1) is 0 Å². The van der Waals surface area contributed by atoms with Crippen LogP contribution in [-0.4, -0.2) is 20.7 Å². The van der Waals surface area contributed by atoms with Crippen molar-refractivity contribution in [3.8, 4) is 11.3 Å². The average Bonchev–Trinajstić information content (AvgIpc) is 3.19. The highest BCUT2D eigenvalue weighted by molar-refractivity contribution is 6.13. The fraction of sp³-hybridized carbons (Fsp3) is 0.174. The molecule has 0 aliphatic carbocycles. The number of fused-ring (bicyclic) bond motifs is 1. The van der Waals surface area contributed by atoms with E-state index >= 15 is 0 Å². The summed E-state index contributed by atoms with van der Waals surface area (Å²) in [6, 6.07) is 7.51. The molecule has 0 fully saturated rings. The van der Waals surface area contributed by atoms with Gasteiger partial charge in [0, 0.05) is 23.7 Å². The third-order valence-corrected chi connectivity index (χ3v) is 5.29. The molecule has 35 heavy (non-hydrogen) atoms. The second kappa shape index (κ2) is 8.67. The maximum Gasteiger partial charge on any atom is 0.422 e. The van der Waals surface area contributed by atoms with Crippen molar-refractivity contribution in [2.24, 2.45) is 0 Å². The van der Waals surface area contributed by atoms with E-state index in [0.29, 0.717) is 23.3 Å². The molecule has 4 aromatic rings. The van der Waals surface area contributed by atoms with Crippen LogP contribution in [0.4, 0.5) is 36.4 Å².